The van der Waals surface area contributed by atoms with E-state index in [2.05, 4.69) is 113 Å². The van der Waals surface area contributed by atoms with Crippen molar-refractivity contribution in [3.05, 3.63) is 86.0 Å². The molecular formula is C31H43NO2Si. The van der Waals surface area contributed by atoms with Gasteiger partial charge in [0.1, 0.15) is 0 Å². The molecule has 1 unspecified atom stereocenters. The summed E-state index contributed by atoms with van der Waals surface area (Å²) >= 11 is 0. The third kappa shape index (κ3) is 5.70. The van der Waals surface area contributed by atoms with Crippen molar-refractivity contribution in [2.45, 2.75) is 83.5 Å². The molecule has 4 heteroatoms. The first-order valence-corrected chi connectivity index (χ1v) is 14.9. The van der Waals surface area contributed by atoms with Crippen LogP contribution in [0, 0.1) is 5.92 Å². The topological polar surface area (TPSA) is 29.5 Å². The Morgan fingerprint density at radius 2 is 1.43 bits per heavy atom. The van der Waals surface area contributed by atoms with Crippen LogP contribution in [-0.2, 0) is 9.22 Å². The molecule has 0 radical (unpaired) electrons. The van der Waals surface area contributed by atoms with E-state index in [4.69, 9.17) is 4.43 Å². The number of nitrogens with zero attached hydrogens (tertiary/aromatic N) is 1. The zero-order valence-electron chi connectivity index (χ0n) is 22.2. The van der Waals surface area contributed by atoms with Gasteiger partial charge in [0.15, 0.2) is 0 Å². The minimum absolute atomic E-state index is 0.0436. The third-order valence-corrected chi connectivity index (χ3v) is 12.7. The maximum Gasteiger partial charge on any atom is 0.261 e. The van der Waals surface area contributed by atoms with Gasteiger partial charge in [-0.1, -0.05) is 93.6 Å². The molecule has 1 heterocycles. The summed E-state index contributed by atoms with van der Waals surface area (Å²) in [4.78, 5) is 15.4. The van der Waals surface area contributed by atoms with Crippen LogP contribution in [0.1, 0.15) is 60.3 Å². The first-order valence-electron chi connectivity index (χ1n) is 13.0. The summed E-state index contributed by atoms with van der Waals surface area (Å²) in [5, 5.41) is 2.34. The van der Waals surface area contributed by atoms with Crippen LogP contribution in [0.5, 0.6) is 0 Å². The van der Waals surface area contributed by atoms with Gasteiger partial charge in [-0.25, -0.2) is 0 Å². The van der Waals surface area contributed by atoms with Crippen LogP contribution in [0.4, 0.5) is 0 Å². The van der Waals surface area contributed by atoms with Gasteiger partial charge in [0.25, 0.3) is 8.32 Å². The van der Waals surface area contributed by atoms with Crippen molar-refractivity contribution in [1.82, 2.24) is 4.90 Å². The molecule has 0 spiro atoms. The van der Waals surface area contributed by atoms with Crippen molar-refractivity contribution in [2.24, 2.45) is 5.92 Å². The SMILES string of the molecule is C=CC(C=C)C(CCC(=O)N1[C@@H](C)CC[C@@H]1C)O[Si](c1ccccc1)(c1ccccc1)C(C)(C)C. The molecule has 1 saturated heterocycles. The lowest BCUT2D eigenvalue weighted by Crippen LogP contribution is -2.68. The highest BCUT2D eigenvalue weighted by Crippen LogP contribution is 2.39. The van der Waals surface area contributed by atoms with Gasteiger partial charge in [0, 0.05) is 24.4 Å². The minimum atomic E-state index is -2.76. The van der Waals surface area contributed by atoms with Gasteiger partial charge in [-0.15, -0.1) is 13.2 Å². The van der Waals surface area contributed by atoms with E-state index < -0.39 is 8.32 Å². The zero-order chi connectivity index (χ0) is 25.6. The monoisotopic (exact) mass is 489 g/mol. The Balaban J connectivity index is 2.03. The van der Waals surface area contributed by atoms with Gasteiger partial charge in [-0.2, -0.15) is 0 Å². The van der Waals surface area contributed by atoms with Crippen LogP contribution in [0.25, 0.3) is 0 Å². The smallest absolute Gasteiger partial charge is 0.261 e. The average molecular weight is 490 g/mol. The number of hydrogen-bond donors (Lipinski definition) is 0. The molecule has 1 aliphatic heterocycles. The van der Waals surface area contributed by atoms with Crippen LogP contribution in [0.15, 0.2) is 86.0 Å². The van der Waals surface area contributed by atoms with E-state index in [1.54, 1.807) is 0 Å². The standard InChI is InChI=1S/C31H43NO2Si/c1-8-26(9-2)29(22-23-30(33)32-24(3)20-21-25(32)4)34-35(31(5,6)7,27-16-12-10-13-17-27)28-18-14-11-15-19-28/h8-19,24-26,29H,1-2,20-23H2,3-7H3/t24-,25-,29?/m0/s1. The number of amides is 1. The van der Waals surface area contributed by atoms with Gasteiger partial charge >= 0.3 is 0 Å². The highest BCUT2D eigenvalue weighted by molar-refractivity contribution is 6.99. The van der Waals surface area contributed by atoms with E-state index in [0.717, 1.165) is 12.8 Å². The van der Waals surface area contributed by atoms with Crippen molar-refractivity contribution in [1.29, 1.82) is 0 Å². The molecule has 188 valence electrons. The Bertz CT molecular complexity index is 925. The van der Waals surface area contributed by atoms with Gasteiger partial charge < -0.3 is 9.33 Å². The van der Waals surface area contributed by atoms with Gasteiger partial charge in [-0.3, -0.25) is 4.79 Å². The molecule has 3 atom stereocenters. The highest BCUT2D eigenvalue weighted by atomic mass is 28.4. The minimum Gasteiger partial charge on any atom is -0.404 e. The predicted octanol–water partition coefficient (Wildman–Crippen LogP) is 6.10. The zero-order valence-corrected chi connectivity index (χ0v) is 23.2. The number of benzene rings is 2. The summed E-state index contributed by atoms with van der Waals surface area (Å²) in [5.41, 5.74) is 0. The number of carbonyl (C=O) groups is 1. The van der Waals surface area contributed by atoms with E-state index in [0.29, 0.717) is 24.9 Å². The van der Waals surface area contributed by atoms with Crippen molar-refractivity contribution < 1.29 is 9.22 Å². The fourth-order valence-electron chi connectivity index (χ4n) is 5.73. The van der Waals surface area contributed by atoms with Crippen LogP contribution in [-0.4, -0.2) is 37.3 Å². The summed E-state index contributed by atoms with van der Waals surface area (Å²) in [6, 6.07) is 22.0. The van der Waals surface area contributed by atoms with Crippen LogP contribution in [0.3, 0.4) is 0 Å². The maximum absolute atomic E-state index is 13.3. The van der Waals surface area contributed by atoms with E-state index >= 15 is 0 Å². The second-order valence-corrected chi connectivity index (χ2v) is 15.2. The summed E-state index contributed by atoms with van der Waals surface area (Å²) < 4.78 is 7.41. The normalized spacial score (nSPS) is 19.5. The predicted molar refractivity (Wildman–Crippen MR) is 151 cm³/mol. The first kappa shape index (κ1) is 27.2. The quantitative estimate of drug-likeness (QED) is 0.298. The molecule has 2 aromatic carbocycles. The number of carbonyl (C=O) groups excluding carboxylic acids is 1. The van der Waals surface area contributed by atoms with E-state index in [1.165, 1.54) is 10.4 Å². The van der Waals surface area contributed by atoms with Crippen LogP contribution >= 0.6 is 0 Å². The largest absolute Gasteiger partial charge is 0.404 e. The molecule has 3 nitrogen and oxygen atoms in total. The van der Waals surface area contributed by atoms with Crippen LogP contribution < -0.4 is 10.4 Å². The number of rotatable bonds is 10. The molecule has 2 aromatic rings. The Kier molecular flexibility index (Phi) is 8.95. The molecule has 0 bridgehead atoms. The molecule has 0 aromatic heterocycles. The third-order valence-electron chi connectivity index (χ3n) is 7.60. The molecule has 1 fully saturated rings. The molecule has 0 N–H and O–H groups in total. The van der Waals surface area contributed by atoms with E-state index in [1.807, 2.05) is 12.2 Å². The molecule has 3 rings (SSSR count). The second kappa shape index (κ2) is 11.5. The molecule has 1 amide bonds. The lowest BCUT2D eigenvalue weighted by molar-refractivity contribution is -0.134. The van der Waals surface area contributed by atoms with Gasteiger partial charge in [0.05, 0.1) is 6.10 Å². The lowest BCUT2D eigenvalue weighted by Gasteiger charge is -2.46. The Morgan fingerprint density at radius 1 is 0.971 bits per heavy atom. The maximum atomic E-state index is 13.3. The van der Waals surface area contributed by atoms with Crippen molar-refractivity contribution >= 4 is 24.6 Å². The van der Waals surface area contributed by atoms with Crippen LogP contribution in [0.2, 0.25) is 5.04 Å². The Labute approximate surface area is 214 Å². The Morgan fingerprint density at radius 3 is 1.83 bits per heavy atom. The van der Waals surface area contributed by atoms with Crippen molar-refractivity contribution in [3.63, 3.8) is 0 Å². The number of likely N-dealkylation sites (tertiary alicyclic amines) is 1. The summed E-state index contributed by atoms with van der Waals surface area (Å²) in [7, 11) is -2.76. The molecule has 1 aliphatic rings. The second-order valence-electron chi connectivity index (χ2n) is 11.0. The first-order chi connectivity index (χ1) is 16.7. The van der Waals surface area contributed by atoms with E-state index in [9.17, 15) is 4.79 Å². The number of hydrogen-bond acceptors (Lipinski definition) is 2. The molecule has 35 heavy (non-hydrogen) atoms. The molecule has 0 saturated carbocycles. The van der Waals surface area contributed by atoms with Crippen molar-refractivity contribution in [3.8, 4) is 0 Å². The molecular weight excluding hydrogens is 446 g/mol. The average Bonchev–Trinajstić information content (AvgIpc) is 3.19. The highest BCUT2D eigenvalue weighted by Gasteiger charge is 2.52. The summed E-state index contributed by atoms with van der Waals surface area (Å²) in [5.74, 6) is 0.184. The van der Waals surface area contributed by atoms with Gasteiger partial charge in [-0.05, 0) is 48.5 Å². The fourth-order valence-corrected chi connectivity index (χ4v) is 10.5. The van der Waals surface area contributed by atoms with E-state index in [-0.39, 0.29) is 23.0 Å². The molecule has 0 aliphatic carbocycles. The van der Waals surface area contributed by atoms with Crippen molar-refractivity contribution in [2.75, 3.05) is 0 Å². The summed E-state index contributed by atoms with van der Waals surface area (Å²) in [6.07, 6.45) is 6.92. The van der Waals surface area contributed by atoms with Gasteiger partial charge in [0.2, 0.25) is 5.91 Å². The fraction of sp³-hybridized carbons (Fsp3) is 0.452. The summed E-state index contributed by atoms with van der Waals surface area (Å²) in [6.45, 7) is 19.3. The lowest BCUT2D eigenvalue weighted by atomic mass is 9.98. The Hall–Kier alpha value is -2.43.